The molecule has 34 heavy (non-hydrogen) atoms. The summed E-state index contributed by atoms with van der Waals surface area (Å²) >= 11 is 0. The Labute approximate surface area is 200 Å². The van der Waals surface area contributed by atoms with E-state index in [1.807, 2.05) is 19.1 Å². The third kappa shape index (κ3) is 7.07. The minimum atomic E-state index is -1.11. The molecule has 0 aliphatic rings. The summed E-state index contributed by atoms with van der Waals surface area (Å²) in [5.41, 5.74) is 0.908. The standard InChI is InChI=1S/C26H31N3O5/c1-5-33-22-15-10-9-14-21(22)24(30)28-23(18(2)3)26(32)34-19(4)25(31)29(17-11-16-27)20-12-7-6-8-13-20/h6-10,12-15,18-19,23H,5,11,17H2,1-4H3,(H,28,30). The highest BCUT2D eigenvalue weighted by Crippen LogP contribution is 2.20. The molecule has 0 spiro atoms. The number of esters is 1. The Morgan fingerprint density at radius 1 is 1.03 bits per heavy atom. The van der Waals surface area contributed by atoms with Gasteiger partial charge >= 0.3 is 5.97 Å². The lowest BCUT2D eigenvalue weighted by Gasteiger charge is -2.27. The van der Waals surface area contributed by atoms with Gasteiger partial charge in [0.2, 0.25) is 0 Å². The van der Waals surface area contributed by atoms with Crippen molar-refractivity contribution >= 4 is 23.5 Å². The van der Waals surface area contributed by atoms with Gasteiger partial charge < -0.3 is 19.7 Å². The average molecular weight is 466 g/mol. The molecular formula is C26H31N3O5. The van der Waals surface area contributed by atoms with Crippen molar-refractivity contribution in [1.29, 1.82) is 5.26 Å². The van der Waals surface area contributed by atoms with Gasteiger partial charge in [-0.05, 0) is 44.0 Å². The maximum Gasteiger partial charge on any atom is 0.329 e. The van der Waals surface area contributed by atoms with Crippen LogP contribution in [-0.2, 0) is 14.3 Å². The summed E-state index contributed by atoms with van der Waals surface area (Å²) in [6.45, 7) is 7.40. The number of rotatable bonds is 11. The molecule has 0 saturated heterocycles. The number of ether oxygens (including phenoxy) is 2. The maximum atomic E-state index is 13.1. The number of nitriles is 1. The van der Waals surface area contributed by atoms with Crippen LogP contribution in [0.15, 0.2) is 54.6 Å². The first-order chi connectivity index (χ1) is 16.3. The number of nitrogens with zero attached hydrogens (tertiary/aromatic N) is 2. The van der Waals surface area contributed by atoms with Crippen molar-refractivity contribution in [2.24, 2.45) is 5.92 Å². The first-order valence-electron chi connectivity index (χ1n) is 11.3. The SMILES string of the molecule is CCOc1ccccc1C(=O)NC(C(=O)OC(C)C(=O)N(CCC#N)c1ccccc1)C(C)C. The van der Waals surface area contributed by atoms with Gasteiger partial charge in [0.1, 0.15) is 11.8 Å². The monoisotopic (exact) mass is 465 g/mol. The summed E-state index contributed by atoms with van der Waals surface area (Å²) in [5, 5.41) is 11.7. The van der Waals surface area contributed by atoms with Crippen molar-refractivity contribution in [3.05, 3.63) is 60.2 Å². The molecule has 0 bridgehead atoms. The summed E-state index contributed by atoms with van der Waals surface area (Å²) in [4.78, 5) is 40.3. The highest BCUT2D eigenvalue weighted by atomic mass is 16.5. The number of anilines is 1. The van der Waals surface area contributed by atoms with Crippen LogP contribution in [0.2, 0.25) is 0 Å². The van der Waals surface area contributed by atoms with Crippen LogP contribution in [0.25, 0.3) is 0 Å². The maximum absolute atomic E-state index is 13.1. The molecule has 8 nitrogen and oxygen atoms in total. The Kier molecular flexibility index (Phi) is 10.1. The van der Waals surface area contributed by atoms with E-state index in [1.165, 1.54) is 11.8 Å². The molecule has 8 heteroatoms. The van der Waals surface area contributed by atoms with E-state index >= 15 is 0 Å². The van der Waals surface area contributed by atoms with Crippen molar-refractivity contribution in [3.63, 3.8) is 0 Å². The molecule has 0 aliphatic heterocycles. The van der Waals surface area contributed by atoms with Crippen molar-refractivity contribution in [3.8, 4) is 11.8 Å². The van der Waals surface area contributed by atoms with Crippen molar-refractivity contribution < 1.29 is 23.9 Å². The van der Waals surface area contributed by atoms with Gasteiger partial charge in [-0.25, -0.2) is 4.79 Å². The van der Waals surface area contributed by atoms with Gasteiger partial charge in [0.05, 0.1) is 24.7 Å². The number of hydrogen-bond donors (Lipinski definition) is 1. The quantitative estimate of drug-likeness (QED) is 0.507. The molecule has 0 radical (unpaired) electrons. The molecule has 1 N–H and O–H groups in total. The van der Waals surface area contributed by atoms with E-state index in [-0.39, 0.29) is 18.9 Å². The molecule has 0 aromatic heterocycles. The number of benzene rings is 2. The molecule has 0 heterocycles. The van der Waals surface area contributed by atoms with E-state index in [1.54, 1.807) is 62.4 Å². The lowest BCUT2D eigenvalue weighted by atomic mass is 10.0. The number of para-hydroxylation sites is 2. The molecule has 0 saturated carbocycles. The van der Waals surface area contributed by atoms with Crippen molar-refractivity contribution in [2.45, 2.75) is 46.3 Å². The molecule has 2 amide bonds. The number of carbonyl (C=O) groups is 3. The molecule has 0 aliphatic carbocycles. The Morgan fingerprint density at radius 3 is 2.29 bits per heavy atom. The van der Waals surface area contributed by atoms with E-state index < -0.39 is 29.9 Å². The topological polar surface area (TPSA) is 109 Å². The Balaban J connectivity index is 2.14. The van der Waals surface area contributed by atoms with Crippen molar-refractivity contribution in [1.82, 2.24) is 5.32 Å². The third-order valence-electron chi connectivity index (χ3n) is 5.06. The van der Waals surface area contributed by atoms with Crippen LogP contribution in [0.1, 0.15) is 44.5 Å². The normalized spacial score (nSPS) is 12.2. The third-order valence-corrected chi connectivity index (χ3v) is 5.06. The second kappa shape index (κ2) is 13.0. The van der Waals surface area contributed by atoms with Crippen LogP contribution in [-0.4, -0.2) is 43.1 Å². The second-order valence-corrected chi connectivity index (χ2v) is 7.94. The van der Waals surface area contributed by atoms with E-state index in [0.717, 1.165) is 0 Å². The minimum absolute atomic E-state index is 0.130. The molecule has 2 aromatic rings. The zero-order valence-electron chi connectivity index (χ0n) is 20.0. The van der Waals surface area contributed by atoms with Crippen LogP contribution >= 0.6 is 0 Å². The lowest BCUT2D eigenvalue weighted by Crippen LogP contribution is -2.48. The summed E-state index contributed by atoms with van der Waals surface area (Å²) in [6.07, 6.45) is -0.981. The molecule has 2 rings (SSSR count). The first kappa shape index (κ1) is 26.4. The Hall–Kier alpha value is -3.86. The Morgan fingerprint density at radius 2 is 1.68 bits per heavy atom. The fourth-order valence-electron chi connectivity index (χ4n) is 3.31. The van der Waals surface area contributed by atoms with Crippen molar-refractivity contribution in [2.75, 3.05) is 18.1 Å². The predicted octanol–water partition coefficient (Wildman–Crippen LogP) is 3.72. The second-order valence-electron chi connectivity index (χ2n) is 7.94. The van der Waals surface area contributed by atoms with Crippen LogP contribution in [0, 0.1) is 17.2 Å². The van der Waals surface area contributed by atoms with Gasteiger partial charge in [-0.1, -0.05) is 44.2 Å². The lowest BCUT2D eigenvalue weighted by molar-refractivity contribution is -0.156. The number of carbonyl (C=O) groups excluding carboxylic acids is 3. The zero-order chi connectivity index (χ0) is 25.1. The minimum Gasteiger partial charge on any atom is -0.493 e. The number of amides is 2. The fourth-order valence-corrected chi connectivity index (χ4v) is 3.31. The van der Waals surface area contributed by atoms with E-state index in [9.17, 15) is 14.4 Å². The van der Waals surface area contributed by atoms with E-state index in [4.69, 9.17) is 14.7 Å². The van der Waals surface area contributed by atoms with Crippen LogP contribution in [0.3, 0.4) is 0 Å². The summed E-state index contributed by atoms with van der Waals surface area (Å²) < 4.78 is 11.0. The Bertz CT molecular complexity index is 1020. The summed E-state index contributed by atoms with van der Waals surface area (Å²) in [7, 11) is 0. The van der Waals surface area contributed by atoms with Gasteiger partial charge in [0.15, 0.2) is 6.10 Å². The molecule has 180 valence electrons. The van der Waals surface area contributed by atoms with E-state index in [0.29, 0.717) is 23.6 Å². The highest BCUT2D eigenvalue weighted by Gasteiger charge is 2.31. The molecule has 2 aromatic carbocycles. The first-order valence-corrected chi connectivity index (χ1v) is 11.3. The largest absolute Gasteiger partial charge is 0.493 e. The van der Waals surface area contributed by atoms with Gasteiger partial charge in [0.25, 0.3) is 11.8 Å². The smallest absolute Gasteiger partial charge is 0.329 e. The fraction of sp³-hybridized carbons (Fsp3) is 0.385. The van der Waals surface area contributed by atoms with Gasteiger partial charge in [0, 0.05) is 12.2 Å². The van der Waals surface area contributed by atoms with E-state index in [2.05, 4.69) is 5.32 Å². The molecule has 0 fully saturated rings. The summed E-state index contributed by atoms with van der Waals surface area (Å²) in [6, 6.07) is 16.7. The van der Waals surface area contributed by atoms with Gasteiger partial charge in [-0.15, -0.1) is 0 Å². The molecular weight excluding hydrogens is 434 g/mol. The van der Waals surface area contributed by atoms with Crippen LogP contribution in [0.5, 0.6) is 5.75 Å². The van der Waals surface area contributed by atoms with Gasteiger partial charge in [-0.2, -0.15) is 5.26 Å². The van der Waals surface area contributed by atoms with Crippen LogP contribution < -0.4 is 15.0 Å². The van der Waals surface area contributed by atoms with Gasteiger partial charge in [-0.3, -0.25) is 9.59 Å². The molecule has 2 unspecified atom stereocenters. The van der Waals surface area contributed by atoms with Crippen LogP contribution in [0.4, 0.5) is 5.69 Å². The molecule has 2 atom stereocenters. The average Bonchev–Trinajstić information content (AvgIpc) is 2.83. The summed E-state index contributed by atoms with van der Waals surface area (Å²) in [5.74, 6) is -1.52. The highest BCUT2D eigenvalue weighted by molar-refractivity contribution is 6.00. The number of nitrogens with one attached hydrogen (secondary N) is 1. The number of hydrogen-bond acceptors (Lipinski definition) is 6. The predicted molar refractivity (Wildman–Crippen MR) is 128 cm³/mol. The zero-order valence-corrected chi connectivity index (χ0v) is 20.0.